The zero-order valence-electron chi connectivity index (χ0n) is 20.0. The van der Waals surface area contributed by atoms with Crippen LogP contribution in [0.25, 0.3) is 0 Å². The molecular weight excluding hydrogens is 448 g/mol. The van der Waals surface area contributed by atoms with Gasteiger partial charge in [-0.1, -0.05) is 42.3 Å². The molecule has 1 fully saturated rings. The van der Waals surface area contributed by atoms with Crippen molar-refractivity contribution < 1.29 is 14.3 Å². The van der Waals surface area contributed by atoms with Gasteiger partial charge in [0.25, 0.3) is 5.91 Å². The maximum Gasteiger partial charge on any atom is 0.257 e. The van der Waals surface area contributed by atoms with Gasteiger partial charge >= 0.3 is 0 Å². The van der Waals surface area contributed by atoms with Crippen LogP contribution in [0.15, 0.2) is 48.5 Å². The van der Waals surface area contributed by atoms with Gasteiger partial charge in [0.05, 0.1) is 18.0 Å². The minimum Gasteiger partial charge on any atom is -0.487 e. The summed E-state index contributed by atoms with van der Waals surface area (Å²) in [4.78, 5) is 30.8. The largest absolute Gasteiger partial charge is 0.487 e. The number of amides is 2. The Morgan fingerprint density at radius 1 is 0.971 bits per heavy atom. The van der Waals surface area contributed by atoms with Crippen molar-refractivity contribution in [1.29, 1.82) is 0 Å². The quantitative estimate of drug-likeness (QED) is 0.559. The van der Waals surface area contributed by atoms with Gasteiger partial charge in [-0.3, -0.25) is 9.59 Å². The summed E-state index contributed by atoms with van der Waals surface area (Å²) in [5.41, 5.74) is 1.59. The number of hydrogen-bond acceptors (Lipinski definition) is 3. The third-order valence-corrected chi connectivity index (χ3v) is 7.30. The Morgan fingerprint density at radius 3 is 2.50 bits per heavy atom. The second-order valence-electron chi connectivity index (χ2n) is 9.34. The lowest BCUT2D eigenvalue weighted by atomic mass is 9.90. The molecule has 0 N–H and O–H groups in total. The molecular formula is C28H35ClN2O3. The third kappa shape index (κ3) is 5.93. The summed E-state index contributed by atoms with van der Waals surface area (Å²) in [6.07, 6.45) is 7.03. The Morgan fingerprint density at radius 2 is 1.71 bits per heavy atom. The van der Waals surface area contributed by atoms with Crippen LogP contribution < -0.4 is 4.74 Å². The van der Waals surface area contributed by atoms with Gasteiger partial charge < -0.3 is 14.5 Å². The Hall–Kier alpha value is -2.53. The Balaban J connectivity index is 1.62. The fourth-order valence-electron chi connectivity index (χ4n) is 5.17. The molecule has 0 radical (unpaired) electrons. The fraction of sp³-hybridized carbons (Fsp3) is 0.500. The highest BCUT2D eigenvalue weighted by atomic mass is 35.5. The maximum atomic E-state index is 13.6. The molecule has 0 bridgehead atoms. The molecule has 0 aromatic heterocycles. The highest BCUT2D eigenvalue weighted by molar-refractivity contribution is 6.30. The van der Waals surface area contributed by atoms with Crippen molar-refractivity contribution in [2.24, 2.45) is 0 Å². The summed E-state index contributed by atoms with van der Waals surface area (Å²) >= 11 is 6.04. The highest BCUT2D eigenvalue weighted by Crippen LogP contribution is 2.31. The molecule has 2 aromatic carbocycles. The first-order valence-corrected chi connectivity index (χ1v) is 13.0. The molecule has 182 valence electrons. The molecule has 1 aliphatic heterocycles. The zero-order chi connectivity index (χ0) is 23.9. The van der Waals surface area contributed by atoms with E-state index in [4.69, 9.17) is 16.3 Å². The predicted molar refractivity (Wildman–Crippen MR) is 135 cm³/mol. The van der Waals surface area contributed by atoms with E-state index in [-0.39, 0.29) is 24.0 Å². The van der Waals surface area contributed by atoms with E-state index in [1.54, 1.807) is 0 Å². The van der Waals surface area contributed by atoms with Gasteiger partial charge in [0, 0.05) is 24.7 Å². The van der Waals surface area contributed by atoms with Gasteiger partial charge in [0.15, 0.2) is 0 Å². The number of para-hydroxylation sites is 1. The van der Waals surface area contributed by atoms with Gasteiger partial charge in [-0.15, -0.1) is 0 Å². The average molecular weight is 483 g/mol. The topological polar surface area (TPSA) is 49.9 Å². The molecule has 1 saturated carbocycles. The summed E-state index contributed by atoms with van der Waals surface area (Å²) in [7, 11) is 0. The standard InChI is InChI=1S/C28H35ClN2O3/c1-2-30-18-8-3-9-19-31(27(32)20-21-14-16-22(29)17-15-21)24-11-5-7-13-26(24)34-25-12-6-4-10-23(25)28(30)33/h4,6,10,12,14-17,24,26H,2-3,5,7-9,11,13,18-20H2,1H3/t24-,26+/m1/s1. The monoisotopic (exact) mass is 482 g/mol. The summed E-state index contributed by atoms with van der Waals surface area (Å²) in [6.45, 7) is 4.13. The van der Waals surface area contributed by atoms with E-state index in [0.29, 0.717) is 29.3 Å². The second kappa shape index (κ2) is 11.7. The summed E-state index contributed by atoms with van der Waals surface area (Å²) in [5.74, 6) is 0.796. The summed E-state index contributed by atoms with van der Waals surface area (Å²) in [6, 6.07) is 15.1. The van der Waals surface area contributed by atoms with Crippen molar-refractivity contribution in [3.05, 3.63) is 64.7 Å². The van der Waals surface area contributed by atoms with Crippen molar-refractivity contribution in [3.63, 3.8) is 0 Å². The zero-order valence-corrected chi connectivity index (χ0v) is 20.8. The smallest absolute Gasteiger partial charge is 0.257 e. The number of carbonyl (C=O) groups is 2. The number of fused-ring (bicyclic) bond motifs is 2. The minimum atomic E-state index is -0.118. The number of carbonyl (C=O) groups excluding carboxylic acids is 2. The van der Waals surface area contributed by atoms with E-state index in [1.165, 1.54) is 0 Å². The number of hydrogen-bond donors (Lipinski definition) is 0. The molecule has 0 saturated heterocycles. The lowest BCUT2D eigenvalue weighted by molar-refractivity contribution is -0.136. The normalized spacial score (nSPS) is 21.9. The van der Waals surface area contributed by atoms with E-state index in [2.05, 4.69) is 4.90 Å². The lowest BCUT2D eigenvalue weighted by Gasteiger charge is -2.40. The van der Waals surface area contributed by atoms with Crippen LogP contribution in [0.2, 0.25) is 5.02 Å². The van der Waals surface area contributed by atoms with Crippen molar-refractivity contribution in [3.8, 4) is 5.75 Å². The van der Waals surface area contributed by atoms with Crippen molar-refractivity contribution in [1.82, 2.24) is 9.80 Å². The van der Waals surface area contributed by atoms with E-state index in [1.807, 2.05) is 60.4 Å². The molecule has 34 heavy (non-hydrogen) atoms. The molecule has 2 aliphatic rings. The number of ether oxygens (including phenoxy) is 1. The first kappa shape index (κ1) is 24.6. The van der Waals surface area contributed by atoms with Gasteiger partial charge in [-0.2, -0.15) is 0 Å². The van der Waals surface area contributed by atoms with Gasteiger partial charge in [0.2, 0.25) is 5.91 Å². The molecule has 2 atom stereocenters. The molecule has 5 nitrogen and oxygen atoms in total. The molecule has 2 amide bonds. The fourth-order valence-corrected chi connectivity index (χ4v) is 5.30. The van der Waals surface area contributed by atoms with Gasteiger partial charge in [-0.25, -0.2) is 0 Å². The van der Waals surface area contributed by atoms with Crippen molar-refractivity contribution in [2.75, 3.05) is 19.6 Å². The van der Waals surface area contributed by atoms with Crippen LogP contribution in [0.3, 0.4) is 0 Å². The number of rotatable bonds is 3. The summed E-state index contributed by atoms with van der Waals surface area (Å²) in [5, 5.41) is 0.675. The van der Waals surface area contributed by atoms with Crippen LogP contribution in [-0.2, 0) is 11.2 Å². The third-order valence-electron chi connectivity index (χ3n) is 7.05. The van der Waals surface area contributed by atoms with Crippen molar-refractivity contribution >= 4 is 23.4 Å². The number of nitrogens with zero attached hydrogens (tertiary/aromatic N) is 2. The van der Waals surface area contributed by atoms with Gasteiger partial charge in [-0.05, 0) is 75.3 Å². The molecule has 0 spiro atoms. The van der Waals surface area contributed by atoms with Crippen LogP contribution in [-0.4, -0.2) is 53.4 Å². The first-order valence-electron chi connectivity index (χ1n) is 12.7. The number of benzene rings is 2. The van der Waals surface area contributed by atoms with Crippen LogP contribution in [0, 0.1) is 0 Å². The van der Waals surface area contributed by atoms with E-state index in [9.17, 15) is 9.59 Å². The Bertz CT molecular complexity index is 978. The molecule has 4 rings (SSSR count). The molecule has 0 unspecified atom stereocenters. The lowest BCUT2D eigenvalue weighted by Crippen LogP contribution is -2.51. The van der Waals surface area contributed by atoms with Crippen molar-refractivity contribution in [2.45, 2.75) is 70.4 Å². The number of halogens is 1. The van der Waals surface area contributed by atoms with E-state index >= 15 is 0 Å². The molecule has 6 heteroatoms. The van der Waals surface area contributed by atoms with Gasteiger partial charge in [0.1, 0.15) is 11.9 Å². The molecule has 1 aliphatic carbocycles. The van der Waals surface area contributed by atoms with E-state index < -0.39 is 0 Å². The SMILES string of the molecule is CCN1CCCCCN(C(=O)Cc2ccc(Cl)cc2)[C@@H]2CCCC[C@@H]2Oc2ccccc2C1=O. The van der Waals surface area contributed by atoms with Crippen LogP contribution in [0.1, 0.15) is 67.8 Å². The second-order valence-corrected chi connectivity index (χ2v) is 9.78. The Labute approximate surface area is 208 Å². The van der Waals surface area contributed by atoms with E-state index in [0.717, 1.165) is 63.6 Å². The summed E-state index contributed by atoms with van der Waals surface area (Å²) < 4.78 is 6.56. The first-order chi connectivity index (χ1) is 16.6. The van der Waals surface area contributed by atoms with Crippen LogP contribution in [0.4, 0.5) is 0 Å². The average Bonchev–Trinajstić information content (AvgIpc) is 2.86. The highest BCUT2D eigenvalue weighted by Gasteiger charge is 2.35. The van der Waals surface area contributed by atoms with Crippen LogP contribution >= 0.6 is 11.6 Å². The minimum absolute atomic E-state index is 0.0136. The van der Waals surface area contributed by atoms with Crippen LogP contribution in [0.5, 0.6) is 5.75 Å². The predicted octanol–water partition coefficient (Wildman–Crippen LogP) is 5.75. The maximum absolute atomic E-state index is 13.6. The molecule has 1 heterocycles. The molecule has 2 aromatic rings. The Kier molecular flexibility index (Phi) is 8.49.